The number of nitrogens with two attached hydrogens (primary N) is 1. The lowest BCUT2D eigenvalue weighted by molar-refractivity contribution is 0.204. The lowest BCUT2D eigenvalue weighted by Crippen LogP contribution is -2.18. The van der Waals surface area contributed by atoms with Crippen molar-refractivity contribution in [3.8, 4) is 11.5 Å². The van der Waals surface area contributed by atoms with E-state index in [1.165, 1.54) is 32.4 Å². The van der Waals surface area contributed by atoms with E-state index >= 15 is 0 Å². The molecule has 1 saturated carbocycles. The average Bonchev–Trinajstić information content (AvgIpc) is 2.45. The number of hydrogen-bond donors (Lipinski definition) is 1. The van der Waals surface area contributed by atoms with Crippen LogP contribution in [0, 0.1) is 5.92 Å². The monoisotopic (exact) mass is 299 g/mol. The molecule has 20 heavy (non-hydrogen) atoms. The predicted octanol–water partition coefficient (Wildman–Crippen LogP) is 2.30. The van der Waals surface area contributed by atoms with Gasteiger partial charge < -0.3 is 9.47 Å². The van der Waals surface area contributed by atoms with Gasteiger partial charge in [-0.1, -0.05) is 19.3 Å². The summed E-state index contributed by atoms with van der Waals surface area (Å²) in [5.74, 6) is 1.32. The van der Waals surface area contributed by atoms with Gasteiger partial charge in [-0.25, -0.2) is 13.6 Å². The lowest BCUT2D eigenvalue weighted by atomic mass is 9.90. The molecule has 0 amide bonds. The summed E-state index contributed by atoms with van der Waals surface area (Å²) in [5, 5.41) is 5.21. The van der Waals surface area contributed by atoms with Crippen LogP contribution in [0.5, 0.6) is 11.5 Å². The van der Waals surface area contributed by atoms with E-state index in [0.29, 0.717) is 18.3 Å². The number of methoxy groups -OCH3 is 1. The van der Waals surface area contributed by atoms with Gasteiger partial charge in [0.2, 0.25) is 10.0 Å². The topological polar surface area (TPSA) is 78.6 Å². The quantitative estimate of drug-likeness (QED) is 0.905. The summed E-state index contributed by atoms with van der Waals surface area (Å²) in [7, 11) is -2.27. The molecular weight excluding hydrogens is 278 g/mol. The van der Waals surface area contributed by atoms with Crippen LogP contribution in [0.3, 0.4) is 0 Å². The molecule has 5 nitrogen and oxygen atoms in total. The molecule has 0 atom stereocenters. The molecule has 0 unspecified atom stereocenters. The molecule has 1 aromatic carbocycles. The van der Waals surface area contributed by atoms with Crippen LogP contribution < -0.4 is 14.6 Å². The van der Waals surface area contributed by atoms with Crippen molar-refractivity contribution in [2.24, 2.45) is 11.1 Å². The highest BCUT2D eigenvalue weighted by molar-refractivity contribution is 7.89. The van der Waals surface area contributed by atoms with E-state index in [1.54, 1.807) is 12.1 Å². The summed E-state index contributed by atoms with van der Waals surface area (Å²) in [6, 6.07) is 4.56. The Balaban J connectivity index is 2.15. The second-order valence-corrected chi connectivity index (χ2v) is 6.70. The van der Waals surface area contributed by atoms with Gasteiger partial charge in [-0.15, -0.1) is 0 Å². The Morgan fingerprint density at radius 1 is 1.25 bits per heavy atom. The van der Waals surface area contributed by atoms with Crippen molar-refractivity contribution in [2.45, 2.75) is 37.0 Å². The number of rotatable bonds is 5. The van der Waals surface area contributed by atoms with Crippen molar-refractivity contribution in [1.29, 1.82) is 0 Å². The van der Waals surface area contributed by atoms with Crippen LogP contribution in [-0.2, 0) is 10.0 Å². The Labute approximate surface area is 120 Å². The number of hydrogen-bond acceptors (Lipinski definition) is 4. The molecule has 0 aromatic heterocycles. The minimum atomic E-state index is -3.79. The van der Waals surface area contributed by atoms with Gasteiger partial charge in [-0.2, -0.15) is 0 Å². The van der Waals surface area contributed by atoms with Crippen LogP contribution in [0.2, 0.25) is 0 Å². The molecule has 6 heteroatoms. The van der Waals surface area contributed by atoms with Crippen LogP contribution in [0.25, 0.3) is 0 Å². The SMILES string of the molecule is COc1ccc(S(N)(=O)=O)c(OCC2CCCCC2)c1. The lowest BCUT2D eigenvalue weighted by Gasteiger charge is -2.22. The van der Waals surface area contributed by atoms with Crippen LogP contribution in [0.15, 0.2) is 23.1 Å². The van der Waals surface area contributed by atoms with Gasteiger partial charge in [0.25, 0.3) is 0 Å². The molecule has 0 heterocycles. The zero-order valence-electron chi connectivity index (χ0n) is 11.7. The summed E-state index contributed by atoms with van der Waals surface area (Å²) in [6.07, 6.45) is 5.98. The van der Waals surface area contributed by atoms with Gasteiger partial charge in [0.15, 0.2) is 0 Å². The highest BCUT2D eigenvalue weighted by Gasteiger charge is 2.19. The summed E-state index contributed by atoms with van der Waals surface area (Å²) < 4.78 is 33.9. The Hall–Kier alpha value is -1.27. The maximum atomic E-state index is 11.6. The minimum absolute atomic E-state index is 0.00843. The Bertz CT molecular complexity index is 550. The second-order valence-electron chi connectivity index (χ2n) is 5.17. The third kappa shape index (κ3) is 3.86. The molecule has 1 fully saturated rings. The summed E-state index contributed by atoms with van der Waals surface area (Å²) in [4.78, 5) is 0.00843. The van der Waals surface area contributed by atoms with Crippen molar-refractivity contribution >= 4 is 10.0 Å². The van der Waals surface area contributed by atoms with E-state index in [0.717, 1.165) is 12.8 Å². The van der Waals surface area contributed by atoms with Crippen molar-refractivity contribution < 1.29 is 17.9 Å². The zero-order valence-corrected chi connectivity index (χ0v) is 12.5. The largest absolute Gasteiger partial charge is 0.497 e. The smallest absolute Gasteiger partial charge is 0.241 e. The summed E-state index contributed by atoms with van der Waals surface area (Å²) in [5.41, 5.74) is 0. The number of ether oxygens (including phenoxy) is 2. The van der Waals surface area contributed by atoms with Crippen LogP contribution in [-0.4, -0.2) is 22.1 Å². The van der Waals surface area contributed by atoms with Crippen LogP contribution in [0.4, 0.5) is 0 Å². The molecule has 0 aliphatic heterocycles. The van der Waals surface area contributed by atoms with Crippen molar-refractivity contribution in [2.75, 3.05) is 13.7 Å². The Morgan fingerprint density at radius 2 is 1.95 bits per heavy atom. The van der Waals surface area contributed by atoms with Crippen molar-refractivity contribution in [3.05, 3.63) is 18.2 Å². The highest BCUT2D eigenvalue weighted by atomic mass is 32.2. The third-order valence-electron chi connectivity index (χ3n) is 3.66. The van der Waals surface area contributed by atoms with E-state index in [9.17, 15) is 8.42 Å². The van der Waals surface area contributed by atoms with Crippen LogP contribution >= 0.6 is 0 Å². The highest BCUT2D eigenvalue weighted by Crippen LogP contribution is 2.30. The fraction of sp³-hybridized carbons (Fsp3) is 0.571. The number of benzene rings is 1. The van der Waals surface area contributed by atoms with Gasteiger partial charge >= 0.3 is 0 Å². The van der Waals surface area contributed by atoms with E-state index in [2.05, 4.69) is 0 Å². The molecule has 1 aliphatic carbocycles. The first-order chi connectivity index (χ1) is 9.50. The normalized spacial score (nSPS) is 16.9. The Morgan fingerprint density at radius 3 is 2.55 bits per heavy atom. The van der Waals surface area contributed by atoms with Crippen molar-refractivity contribution in [3.63, 3.8) is 0 Å². The van der Waals surface area contributed by atoms with E-state index < -0.39 is 10.0 Å². The average molecular weight is 299 g/mol. The molecule has 112 valence electrons. The van der Waals surface area contributed by atoms with Gasteiger partial charge in [-0.3, -0.25) is 0 Å². The molecule has 0 radical (unpaired) electrons. The summed E-state index contributed by atoms with van der Waals surface area (Å²) in [6.45, 7) is 0.523. The van der Waals surface area contributed by atoms with Crippen LogP contribution in [0.1, 0.15) is 32.1 Å². The van der Waals surface area contributed by atoms with E-state index in [1.807, 2.05) is 0 Å². The molecule has 1 aromatic rings. The predicted molar refractivity (Wildman–Crippen MR) is 76.4 cm³/mol. The summed E-state index contributed by atoms with van der Waals surface area (Å²) >= 11 is 0. The molecule has 0 spiro atoms. The van der Waals surface area contributed by atoms with Gasteiger partial charge in [0.1, 0.15) is 16.4 Å². The van der Waals surface area contributed by atoms with Crippen molar-refractivity contribution in [1.82, 2.24) is 0 Å². The maximum absolute atomic E-state index is 11.6. The minimum Gasteiger partial charge on any atom is -0.497 e. The fourth-order valence-corrected chi connectivity index (χ4v) is 3.18. The molecule has 2 N–H and O–H groups in total. The molecule has 0 saturated heterocycles. The number of sulfonamides is 1. The number of primary sulfonamides is 1. The first-order valence-electron chi connectivity index (χ1n) is 6.84. The zero-order chi connectivity index (χ0) is 14.6. The molecule has 2 rings (SSSR count). The first kappa shape index (κ1) is 15.1. The van der Waals surface area contributed by atoms with E-state index in [4.69, 9.17) is 14.6 Å². The standard InChI is InChI=1S/C14H21NO4S/c1-18-12-7-8-14(20(15,16)17)13(9-12)19-10-11-5-3-2-4-6-11/h7-9,11H,2-6,10H2,1H3,(H2,15,16,17). The molecular formula is C14H21NO4S. The van der Waals surface area contributed by atoms with Gasteiger partial charge in [0.05, 0.1) is 13.7 Å². The van der Waals surface area contributed by atoms with E-state index in [-0.39, 0.29) is 10.6 Å². The Kier molecular flexibility index (Phi) is 4.88. The maximum Gasteiger partial charge on any atom is 0.241 e. The molecule has 0 bridgehead atoms. The molecule has 1 aliphatic rings. The second kappa shape index (κ2) is 6.45. The third-order valence-corrected chi connectivity index (χ3v) is 4.61. The van der Waals surface area contributed by atoms with Gasteiger partial charge in [0, 0.05) is 6.07 Å². The first-order valence-corrected chi connectivity index (χ1v) is 8.39. The van der Waals surface area contributed by atoms with Gasteiger partial charge in [-0.05, 0) is 30.9 Å². The fourth-order valence-electron chi connectivity index (χ4n) is 2.52.